The molecule has 2 aromatic rings. The number of thiazole rings is 1. The Bertz CT molecular complexity index is 493. The monoisotopic (exact) mass is 261 g/mol. The van der Waals surface area contributed by atoms with E-state index in [0.717, 1.165) is 30.1 Å². The minimum atomic E-state index is -0.390. The number of hydrogen-bond donors (Lipinski definition) is 2. The van der Waals surface area contributed by atoms with Crippen LogP contribution >= 0.6 is 11.3 Å². The number of benzene rings is 1. The van der Waals surface area contributed by atoms with Crippen LogP contribution in [0.4, 0.5) is 0 Å². The van der Waals surface area contributed by atoms with Gasteiger partial charge in [0.15, 0.2) is 0 Å². The Balaban J connectivity index is 1.75. The largest absolute Gasteiger partial charge is 0.366 e. The van der Waals surface area contributed by atoms with Crippen LogP contribution in [0.1, 0.15) is 20.9 Å². The molecule has 0 aliphatic carbocycles. The van der Waals surface area contributed by atoms with Crippen LogP contribution in [0.15, 0.2) is 35.8 Å². The fourth-order valence-corrected chi connectivity index (χ4v) is 2.21. The average molecular weight is 261 g/mol. The summed E-state index contributed by atoms with van der Waals surface area (Å²) in [5.41, 5.74) is 6.86. The molecule has 2 rings (SSSR count). The molecular weight excluding hydrogens is 246 g/mol. The summed E-state index contributed by atoms with van der Waals surface area (Å²) in [6, 6.07) is 7.33. The van der Waals surface area contributed by atoms with Crippen molar-refractivity contribution < 1.29 is 4.79 Å². The van der Waals surface area contributed by atoms with Gasteiger partial charge in [-0.05, 0) is 17.7 Å². The molecule has 4 nitrogen and oxygen atoms in total. The van der Waals surface area contributed by atoms with E-state index in [1.807, 2.05) is 23.7 Å². The number of primary amides is 1. The lowest BCUT2D eigenvalue weighted by atomic mass is 10.1. The second kappa shape index (κ2) is 6.28. The molecule has 1 aromatic carbocycles. The molecule has 0 bridgehead atoms. The van der Waals surface area contributed by atoms with Crippen molar-refractivity contribution in [1.82, 2.24) is 10.3 Å². The lowest BCUT2D eigenvalue weighted by Crippen LogP contribution is -2.17. The van der Waals surface area contributed by atoms with Crippen LogP contribution in [-0.2, 0) is 13.0 Å². The predicted octanol–water partition coefficient (Wildman–Crippen LogP) is 1.57. The van der Waals surface area contributed by atoms with Gasteiger partial charge in [-0.1, -0.05) is 12.1 Å². The minimum absolute atomic E-state index is 0.390. The minimum Gasteiger partial charge on any atom is -0.366 e. The smallest absolute Gasteiger partial charge is 0.248 e. The molecule has 94 valence electrons. The van der Waals surface area contributed by atoms with Gasteiger partial charge in [-0.25, -0.2) is 4.98 Å². The molecule has 18 heavy (non-hydrogen) atoms. The Morgan fingerprint density at radius 2 is 2.11 bits per heavy atom. The van der Waals surface area contributed by atoms with E-state index in [4.69, 9.17) is 5.73 Å². The van der Waals surface area contributed by atoms with Crippen molar-refractivity contribution in [2.24, 2.45) is 5.73 Å². The third-order valence-electron chi connectivity index (χ3n) is 2.57. The number of nitrogens with zero attached hydrogens (tertiary/aromatic N) is 1. The third-order valence-corrected chi connectivity index (χ3v) is 3.41. The van der Waals surface area contributed by atoms with Crippen molar-refractivity contribution in [3.8, 4) is 0 Å². The molecule has 0 spiro atoms. The zero-order valence-corrected chi connectivity index (χ0v) is 10.7. The van der Waals surface area contributed by atoms with Gasteiger partial charge in [0.1, 0.15) is 0 Å². The SMILES string of the molecule is NC(=O)c1ccc(CNCCc2nccs2)cc1. The maximum absolute atomic E-state index is 10.9. The van der Waals surface area contributed by atoms with E-state index >= 15 is 0 Å². The van der Waals surface area contributed by atoms with Gasteiger partial charge in [0, 0.05) is 36.7 Å². The first kappa shape index (κ1) is 12.7. The Kier molecular flexibility index (Phi) is 4.44. The summed E-state index contributed by atoms with van der Waals surface area (Å²) in [7, 11) is 0. The van der Waals surface area contributed by atoms with Crippen LogP contribution in [0.5, 0.6) is 0 Å². The molecule has 0 aliphatic heterocycles. The molecule has 1 aromatic heterocycles. The number of amides is 1. The predicted molar refractivity (Wildman–Crippen MR) is 72.5 cm³/mol. The molecule has 0 saturated carbocycles. The Morgan fingerprint density at radius 1 is 1.33 bits per heavy atom. The molecule has 0 fully saturated rings. The molecule has 1 amide bonds. The Hall–Kier alpha value is -1.72. The van der Waals surface area contributed by atoms with Gasteiger partial charge in [0.2, 0.25) is 5.91 Å². The first-order chi connectivity index (χ1) is 8.75. The lowest BCUT2D eigenvalue weighted by molar-refractivity contribution is 0.100. The van der Waals surface area contributed by atoms with E-state index in [-0.39, 0.29) is 0 Å². The number of carbonyl (C=O) groups is 1. The van der Waals surface area contributed by atoms with Crippen LogP contribution in [0.25, 0.3) is 0 Å². The van der Waals surface area contributed by atoms with E-state index in [0.29, 0.717) is 5.56 Å². The van der Waals surface area contributed by atoms with Gasteiger partial charge < -0.3 is 11.1 Å². The molecule has 0 aliphatic rings. The van der Waals surface area contributed by atoms with Crippen molar-refractivity contribution in [2.75, 3.05) is 6.54 Å². The molecule has 0 atom stereocenters. The topological polar surface area (TPSA) is 68.0 Å². The highest BCUT2D eigenvalue weighted by molar-refractivity contribution is 7.09. The number of hydrogen-bond acceptors (Lipinski definition) is 4. The zero-order valence-electron chi connectivity index (χ0n) is 9.93. The normalized spacial score (nSPS) is 10.4. The van der Waals surface area contributed by atoms with E-state index in [2.05, 4.69) is 10.3 Å². The zero-order chi connectivity index (χ0) is 12.8. The van der Waals surface area contributed by atoms with Crippen molar-refractivity contribution in [3.63, 3.8) is 0 Å². The van der Waals surface area contributed by atoms with E-state index < -0.39 is 5.91 Å². The number of nitrogens with one attached hydrogen (secondary N) is 1. The fourth-order valence-electron chi connectivity index (χ4n) is 1.59. The Morgan fingerprint density at radius 3 is 2.72 bits per heavy atom. The number of rotatable bonds is 6. The van der Waals surface area contributed by atoms with Crippen LogP contribution in [0.3, 0.4) is 0 Å². The van der Waals surface area contributed by atoms with Crippen LogP contribution in [-0.4, -0.2) is 17.4 Å². The highest BCUT2D eigenvalue weighted by Crippen LogP contribution is 2.05. The molecule has 0 radical (unpaired) electrons. The quantitative estimate of drug-likeness (QED) is 0.776. The van der Waals surface area contributed by atoms with Crippen LogP contribution in [0.2, 0.25) is 0 Å². The van der Waals surface area contributed by atoms with Gasteiger partial charge >= 0.3 is 0 Å². The van der Waals surface area contributed by atoms with Crippen LogP contribution < -0.4 is 11.1 Å². The third kappa shape index (κ3) is 3.65. The summed E-state index contributed by atoms with van der Waals surface area (Å²) in [6.07, 6.45) is 2.76. The average Bonchev–Trinajstić information content (AvgIpc) is 2.88. The van der Waals surface area contributed by atoms with Gasteiger partial charge in [0.05, 0.1) is 5.01 Å². The number of nitrogens with two attached hydrogens (primary N) is 1. The molecule has 0 saturated heterocycles. The van der Waals surface area contributed by atoms with Crippen LogP contribution in [0, 0.1) is 0 Å². The van der Waals surface area contributed by atoms with Crippen molar-refractivity contribution in [2.45, 2.75) is 13.0 Å². The molecule has 5 heteroatoms. The molecule has 3 N–H and O–H groups in total. The molecular formula is C13H15N3OS. The summed E-state index contributed by atoms with van der Waals surface area (Å²) in [5, 5.41) is 6.47. The highest BCUT2D eigenvalue weighted by atomic mass is 32.1. The van der Waals surface area contributed by atoms with Crippen molar-refractivity contribution >= 4 is 17.2 Å². The standard InChI is InChI=1S/C13H15N3OS/c14-13(17)11-3-1-10(2-4-11)9-15-6-5-12-16-7-8-18-12/h1-4,7-8,15H,5-6,9H2,(H2,14,17). The van der Waals surface area contributed by atoms with Gasteiger partial charge in [-0.2, -0.15) is 0 Å². The second-order valence-electron chi connectivity index (χ2n) is 3.91. The van der Waals surface area contributed by atoms with Crippen molar-refractivity contribution in [1.29, 1.82) is 0 Å². The summed E-state index contributed by atoms with van der Waals surface area (Å²) in [6.45, 7) is 1.68. The fraction of sp³-hybridized carbons (Fsp3) is 0.231. The maximum atomic E-state index is 10.9. The van der Waals surface area contributed by atoms with Gasteiger partial charge in [-0.3, -0.25) is 4.79 Å². The number of carbonyl (C=O) groups excluding carboxylic acids is 1. The Labute approximate surface area is 110 Å². The second-order valence-corrected chi connectivity index (χ2v) is 4.89. The lowest BCUT2D eigenvalue weighted by Gasteiger charge is -2.04. The number of aromatic nitrogens is 1. The summed E-state index contributed by atoms with van der Waals surface area (Å²) >= 11 is 1.67. The summed E-state index contributed by atoms with van der Waals surface area (Å²) < 4.78 is 0. The first-order valence-corrected chi connectivity index (χ1v) is 6.61. The van der Waals surface area contributed by atoms with E-state index in [9.17, 15) is 4.79 Å². The molecule has 1 heterocycles. The summed E-state index contributed by atoms with van der Waals surface area (Å²) in [5.74, 6) is -0.390. The summed E-state index contributed by atoms with van der Waals surface area (Å²) in [4.78, 5) is 15.1. The van der Waals surface area contributed by atoms with E-state index in [1.165, 1.54) is 0 Å². The highest BCUT2D eigenvalue weighted by Gasteiger charge is 2.00. The molecule has 0 unspecified atom stereocenters. The maximum Gasteiger partial charge on any atom is 0.248 e. The van der Waals surface area contributed by atoms with E-state index in [1.54, 1.807) is 23.5 Å². The van der Waals surface area contributed by atoms with Gasteiger partial charge in [-0.15, -0.1) is 11.3 Å². The first-order valence-electron chi connectivity index (χ1n) is 5.73. The van der Waals surface area contributed by atoms with Crippen molar-refractivity contribution in [3.05, 3.63) is 52.0 Å². The van der Waals surface area contributed by atoms with Gasteiger partial charge in [0.25, 0.3) is 0 Å².